The fraction of sp³-hybridized carbons (Fsp3) is 0.429. The molecule has 3 rings (SSSR count). The highest BCUT2D eigenvalue weighted by Crippen LogP contribution is 2.55. The highest BCUT2D eigenvalue weighted by Gasteiger charge is 2.45. The third-order valence-corrected chi connectivity index (χ3v) is 5.90. The Kier molecular flexibility index (Phi) is 3.66. The van der Waals surface area contributed by atoms with Gasteiger partial charge in [-0.05, 0) is 65.1 Å². The van der Waals surface area contributed by atoms with Crippen molar-refractivity contribution in [1.82, 2.24) is 0 Å². The van der Waals surface area contributed by atoms with Crippen LogP contribution in [0.5, 0.6) is 11.5 Å². The quantitative estimate of drug-likeness (QED) is 0.838. The zero-order valence-electron chi connectivity index (χ0n) is 14.9. The van der Waals surface area contributed by atoms with Crippen LogP contribution in [0.25, 0.3) is 0 Å². The van der Waals surface area contributed by atoms with Gasteiger partial charge in [0.2, 0.25) is 0 Å². The molecule has 23 heavy (non-hydrogen) atoms. The molecule has 0 bridgehead atoms. The number of ether oxygens (including phenoxy) is 1. The Bertz CT molecular complexity index is 741. The lowest BCUT2D eigenvalue weighted by Gasteiger charge is -2.28. The lowest BCUT2D eigenvalue weighted by atomic mass is 9.75. The number of aromatic hydroxyl groups is 1. The molecular formula is C21H26O2. The maximum absolute atomic E-state index is 10.5. The Hall–Kier alpha value is -1.96. The van der Waals surface area contributed by atoms with Crippen molar-refractivity contribution in [2.45, 2.75) is 46.0 Å². The summed E-state index contributed by atoms with van der Waals surface area (Å²) in [7, 11) is 1.69. The maximum atomic E-state index is 10.5. The molecule has 0 spiro atoms. The predicted molar refractivity (Wildman–Crippen MR) is 94.6 cm³/mol. The van der Waals surface area contributed by atoms with Gasteiger partial charge in [0.05, 0.1) is 7.11 Å². The van der Waals surface area contributed by atoms with E-state index < -0.39 is 0 Å². The molecule has 2 nitrogen and oxygen atoms in total. The zero-order chi connectivity index (χ0) is 16.9. The summed E-state index contributed by atoms with van der Waals surface area (Å²) in [6.07, 6.45) is 0. The van der Waals surface area contributed by atoms with Crippen molar-refractivity contribution >= 4 is 0 Å². The summed E-state index contributed by atoms with van der Waals surface area (Å²) in [6.45, 7) is 11.0. The van der Waals surface area contributed by atoms with E-state index in [2.05, 4.69) is 39.0 Å². The van der Waals surface area contributed by atoms with Crippen molar-refractivity contribution in [3.63, 3.8) is 0 Å². The standard InChI is InChI=1S/C21H26O2/c1-12-11-17-18(13(2)20(12)22)19(14(3)21(17,4)5)15-7-9-16(23-6)10-8-15/h7-11,14,19,22H,1-6H3/t14-,19+/m1/s1. The first-order valence-electron chi connectivity index (χ1n) is 8.26. The molecule has 0 fully saturated rings. The summed E-state index contributed by atoms with van der Waals surface area (Å²) < 4.78 is 5.29. The minimum Gasteiger partial charge on any atom is -0.507 e. The van der Waals surface area contributed by atoms with Gasteiger partial charge >= 0.3 is 0 Å². The van der Waals surface area contributed by atoms with E-state index in [-0.39, 0.29) is 5.41 Å². The number of hydrogen-bond donors (Lipinski definition) is 1. The lowest BCUT2D eigenvalue weighted by molar-refractivity contribution is 0.352. The van der Waals surface area contributed by atoms with Gasteiger partial charge in [-0.1, -0.05) is 39.0 Å². The van der Waals surface area contributed by atoms with Gasteiger partial charge in [-0.3, -0.25) is 0 Å². The molecule has 1 aliphatic carbocycles. The molecule has 0 unspecified atom stereocenters. The van der Waals surface area contributed by atoms with E-state index in [0.717, 1.165) is 16.9 Å². The van der Waals surface area contributed by atoms with Gasteiger partial charge in [-0.2, -0.15) is 0 Å². The van der Waals surface area contributed by atoms with Crippen molar-refractivity contribution in [3.05, 3.63) is 58.1 Å². The van der Waals surface area contributed by atoms with Crippen LogP contribution < -0.4 is 4.74 Å². The van der Waals surface area contributed by atoms with Crippen LogP contribution >= 0.6 is 0 Å². The summed E-state index contributed by atoms with van der Waals surface area (Å²) in [5.74, 6) is 2.08. The summed E-state index contributed by atoms with van der Waals surface area (Å²) >= 11 is 0. The minimum atomic E-state index is 0.0865. The second kappa shape index (κ2) is 5.30. The monoisotopic (exact) mass is 310 g/mol. The van der Waals surface area contributed by atoms with Crippen LogP contribution in [0.2, 0.25) is 0 Å². The van der Waals surface area contributed by atoms with Crippen LogP contribution in [0.1, 0.15) is 54.5 Å². The summed E-state index contributed by atoms with van der Waals surface area (Å²) in [4.78, 5) is 0. The topological polar surface area (TPSA) is 29.5 Å². The van der Waals surface area contributed by atoms with Gasteiger partial charge in [0.1, 0.15) is 11.5 Å². The van der Waals surface area contributed by atoms with E-state index in [1.165, 1.54) is 16.7 Å². The van der Waals surface area contributed by atoms with E-state index in [0.29, 0.717) is 17.6 Å². The Balaban J connectivity index is 2.22. The maximum Gasteiger partial charge on any atom is 0.121 e. The molecule has 0 amide bonds. The summed E-state index contributed by atoms with van der Waals surface area (Å²) in [5.41, 5.74) is 6.05. The van der Waals surface area contributed by atoms with Crippen molar-refractivity contribution in [3.8, 4) is 11.5 Å². The van der Waals surface area contributed by atoms with Crippen LogP contribution in [-0.2, 0) is 5.41 Å². The lowest BCUT2D eigenvalue weighted by Crippen LogP contribution is -2.23. The van der Waals surface area contributed by atoms with Gasteiger partial charge in [0, 0.05) is 5.92 Å². The van der Waals surface area contributed by atoms with Gasteiger partial charge in [-0.15, -0.1) is 0 Å². The first-order valence-corrected chi connectivity index (χ1v) is 8.26. The number of benzene rings is 2. The second-order valence-electron chi connectivity index (χ2n) is 7.39. The normalized spacial score (nSPS) is 22.0. The molecule has 1 aliphatic rings. The number of rotatable bonds is 2. The van der Waals surface area contributed by atoms with Gasteiger partial charge in [0.15, 0.2) is 0 Å². The van der Waals surface area contributed by atoms with E-state index in [1.807, 2.05) is 26.0 Å². The Labute approximate surface area is 139 Å². The molecule has 2 atom stereocenters. The molecule has 0 aromatic heterocycles. The number of hydrogen-bond acceptors (Lipinski definition) is 2. The summed E-state index contributed by atoms with van der Waals surface area (Å²) in [5, 5.41) is 10.5. The predicted octanol–water partition coefficient (Wildman–Crippen LogP) is 5.08. The molecule has 0 aliphatic heterocycles. The fourth-order valence-corrected chi connectivity index (χ4v) is 4.10. The van der Waals surface area contributed by atoms with E-state index in [1.54, 1.807) is 7.11 Å². The SMILES string of the molecule is COc1ccc([C@H]2c3c(cc(C)c(O)c3C)C(C)(C)[C@@H]2C)cc1. The molecule has 2 heteroatoms. The van der Waals surface area contributed by atoms with Gasteiger partial charge in [-0.25, -0.2) is 0 Å². The third kappa shape index (κ3) is 2.23. The molecular weight excluding hydrogens is 284 g/mol. The van der Waals surface area contributed by atoms with Gasteiger partial charge in [0.25, 0.3) is 0 Å². The Morgan fingerprint density at radius 3 is 2.26 bits per heavy atom. The average Bonchev–Trinajstić information content (AvgIpc) is 2.73. The number of aryl methyl sites for hydroxylation is 1. The first kappa shape index (κ1) is 15.9. The van der Waals surface area contributed by atoms with Crippen molar-refractivity contribution in [2.24, 2.45) is 5.92 Å². The molecule has 0 heterocycles. The van der Waals surface area contributed by atoms with E-state index >= 15 is 0 Å². The smallest absolute Gasteiger partial charge is 0.121 e. The van der Waals surface area contributed by atoms with E-state index in [4.69, 9.17) is 4.74 Å². The highest BCUT2D eigenvalue weighted by atomic mass is 16.5. The third-order valence-electron chi connectivity index (χ3n) is 5.90. The van der Waals surface area contributed by atoms with Crippen molar-refractivity contribution in [2.75, 3.05) is 7.11 Å². The molecule has 0 radical (unpaired) electrons. The van der Waals surface area contributed by atoms with Crippen molar-refractivity contribution < 1.29 is 9.84 Å². The number of fused-ring (bicyclic) bond motifs is 1. The molecule has 0 saturated carbocycles. The number of phenolic OH excluding ortho intramolecular Hbond substituents is 1. The first-order chi connectivity index (χ1) is 10.8. The molecule has 2 aromatic rings. The molecule has 1 N–H and O–H groups in total. The minimum absolute atomic E-state index is 0.0865. The van der Waals surface area contributed by atoms with Crippen molar-refractivity contribution in [1.29, 1.82) is 0 Å². The fourth-order valence-electron chi connectivity index (χ4n) is 4.10. The van der Waals surface area contributed by atoms with Crippen LogP contribution in [-0.4, -0.2) is 12.2 Å². The zero-order valence-corrected chi connectivity index (χ0v) is 14.9. The molecule has 0 saturated heterocycles. The molecule has 2 aromatic carbocycles. The number of methoxy groups -OCH3 is 1. The Morgan fingerprint density at radius 1 is 1.09 bits per heavy atom. The Morgan fingerprint density at radius 2 is 1.70 bits per heavy atom. The number of phenols is 1. The van der Waals surface area contributed by atoms with E-state index in [9.17, 15) is 5.11 Å². The average molecular weight is 310 g/mol. The van der Waals surface area contributed by atoms with Crippen LogP contribution in [0.15, 0.2) is 30.3 Å². The van der Waals surface area contributed by atoms with Gasteiger partial charge < -0.3 is 9.84 Å². The van der Waals surface area contributed by atoms with Crippen LogP contribution in [0, 0.1) is 19.8 Å². The molecule has 122 valence electrons. The van der Waals surface area contributed by atoms with Crippen LogP contribution in [0.3, 0.4) is 0 Å². The highest BCUT2D eigenvalue weighted by molar-refractivity contribution is 5.58. The largest absolute Gasteiger partial charge is 0.507 e. The second-order valence-corrected chi connectivity index (χ2v) is 7.39. The summed E-state index contributed by atoms with van der Waals surface area (Å²) in [6, 6.07) is 10.5. The van der Waals surface area contributed by atoms with Crippen LogP contribution in [0.4, 0.5) is 0 Å².